The highest BCUT2D eigenvalue weighted by Crippen LogP contribution is 2.19. The van der Waals surface area contributed by atoms with E-state index in [1.54, 1.807) is 43.3 Å². The second-order valence-corrected chi connectivity index (χ2v) is 6.87. The van der Waals surface area contributed by atoms with Crippen LogP contribution in [0.15, 0.2) is 47.4 Å². The highest BCUT2D eigenvalue weighted by Gasteiger charge is 2.13. The van der Waals surface area contributed by atoms with Crippen molar-refractivity contribution in [1.82, 2.24) is 0 Å². The van der Waals surface area contributed by atoms with Gasteiger partial charge < -0.3 is 10.1 Å². The summed E-state index contributed by atoms with van der Waals surface area (Å²) in [6.45, 7) is 1.38. The first-order chi connectivity index (χ1) is 11.8. The fourth-order valence-electron chi connectivity index (χ4n) is 2.13. The Labute approximate surface area is 146 Å². The number of nitrogens with two attached hydrogens (primary N) is 1. The fourth-order valence-corrected chi connectivity index (χ4v) is 2.93. The molecule has 1 amide bonds. The minimum absolute atomic E-state index is 0.0423. The molecule has 2 aromatic carbocycles. The van der Waals surface area contributed by atoms with Gasteiger partial charge in [0.1, 0.15) is 5.75 Å². The number of anilines is 1. The van der Waals surface area contributed by atoms with Gasteiger partial charge in [-0.1, -0.05) is 18.2 Å². The number of nitriles is 1. The van der Waals surface area contributed by atoms with Gasteiger partial charge >= 0.3 is 0 Å². The smallest absolute Gasteiger partial charge is 0.262 e. The van der Waals surface area contributed by atoms with E-state index in [2.05, 4.69) is 5.32 Å². The lowest BCUT2D eigenvalue weighted by Gasteiger charge is -2.10. The predicted molar refractivity (Wildman–Crippen MR) is 92.4 cm³/mol. The zero-order valence-corrected chi connectivity index (χ0v) is 14.3. The number of benzene rings is 2. The lowest BCUT2D eigenvalue weighted by molar-refractivity contribution is -0.118. The molecule has 3 N–H and O–H groups in total. The van der Waals surface area contributed by atoms with Gasteiger partial charge in [-0.2, -0.15) is 5.26 Å². The first kappa shape index (κ1) is 18.4. The van der Waals surface area contributed by atoms with Crippen LogP contribution in [0.1, 0.15) is 11.1 Å². The number of carbonyl (C=O) groups is 1. The quantitative estimate of drug-likeness (QED) is 0.813. The van der Waals surface area contributed by atoms with E-state index < -0.39 is 15.9 Å². The molecule has 0 spiro atoms. The van der Waals surface area contributed by atoms with E-state index in [1.165, 1.54) is 6.07 Å². The number of aryl methyl sites for hydroxylation is 1. The van der Waals surface area contributed by atoms with E-state index in [9.17, 15) is 13.2 Å². The van der Waals surface area contributed by atoms with Crippen LogP contribution in [-0.4, -0.2) is 20.9 Å². The summed E-state index contributed by atoms with van der Waals surface area (Å²) in [4.78, 5) is 11.9. The number of ether oxygens (including phenoxy) is 1. The molecule has 0 aliphatic heterocycles. The van der Waals surface area contributed by atoms with Crippen LogP contribution in [-0.2, 0) is 21.2 Å². The van der Waals surface area contributed by atoms with Crippen LogP contribution in [0.5, 0.6) is 5.75 Å². The molecule has 0 saturated heterocycles. The molecule has 0 aromatic heterocycles. The van der Waals surface area contributed by atoms with Crippen molar-refractivity contribution in [1.29, 1.82) is 5.26 Å². The average molecular weight is 359 g/mol. The van der Waals surface area contributed by atoms with Crippen LogP contribution < -0.4 is 15.2 Å². The lowest BCUT2D eigenvalue weighted by atomic mass is 10.2. The Morgan fingerprint density at radius 2 is 1.92 bits per heavy atom. The summed E-state index contributed by atoms with van der Waals surface area (Å²) >= 11 is 0. The number of primary sulfonamides is 1. The molecule has 0 bridgehead atoms. The van der Waals surface area contributed by atoms with Crippen molar-refractivity contribution in [3.05, 3.63) is 53.6 Å². The van der Waals surface area contributed by atoms with Gasteiger partial charge in [0.15, 0.2) is 6.61 Å². The number of hydrogen-bond donors (Lipinski definition) is 2. The van der Waals surface area contributed by atoms with Crippen molar-refractivity contribution in [3.8, 4) is 11.8 Å². The first-order valence-corrected chi connectivity index (χ1v) is 8.86. The zero-order chi connectivity index (χ0) is 18.4. The van der Waals surface area contributed by atoms with Crippen LogP contribution in [0.2, 0.25) is 0 Å². The van der Waals surface area contributed by atoms with Crippen LogP contribution >= 0.6 is 0 Å². The molecule has 0 heterocycles. The second-order valence-electron chi connectivity index (χ2n) is 5.34. The van der Waals surface area contributed by atoms with E-state index in [-0.39, 0.29) is 11.5 Å². The maximum atomic E-state index is 11.9. The molecule has 25 heavy (non-hydrogen) atoms. The third-order valence-electron chi connectivity index (χ3n) is 3.35. The van der Waals surface area contributed by atoms with Crippen molar-refractivity contribution in [2.24, 2.45) is 5.14 Å². The summed E-state index contributed by atoms with van der Waals surface area (Å²) in [5, 5.41) is 16.3. The van der Waals surface area contributed by atoms with Crippen LogP contribution in [0.25, 0.3) is 0 Å². The van der Waals surface area contributed by atoms with Gasteiger partial charge in [-0.05, 0) is 42.3 Å². The molecule has 0 saturated carbocycles. The third-order valence-corrected chi connectivity index (χ3v) is 4.41. The minimum atomic E-state index is -3.86. The fraction of sp³-hybridized carbons (Fsp3) is 0.176. The van der Waals surface area contributed by atoms with Crippen molar-refractivity contribution in [2.75, 3.05) is 11.9 Å². The average Bonchev–Trinajstić information content (AvgIpc) is 2.55. The number of sulfonamides is 1. The Balaban J connectivity index is 1.98. The van der Waals surface area contributed by atoms with Crippen molar-refractivity contribution in [3.63, 3.8) is 0 Å². The molecular formula is C17H17N3O4S. The summed E-state index contributed by atoms with van der Waals surface area (Å²) in [6.07, 6.45) is 0.306. The van der Waals surface area contributed by atoms with Crippen molar-refractivity contribution < 1.29 is 17.9 Å². The SMILES string of the molecule is Cc1ccc(NC(=O)COc2ccc(CC#N)cc2)cc1S(N)(=O)=O. The van der Waals surface area contributed by atoms with E-state index in [1.807, 2.05) is 6.07 Å². The van der Waals surface area contributed by atoms with E-state index >= 15 is 0 Å². The summed E-state index contributed by atoms with van der Waals surface area (Å²) in [7, 11) is -3.86. The summed E-state index contributed by atoms with van der Waals surface area (Å²) < 4.78 is 28.3. The molecule has 0 radical (unpaired) electrons. The third kappa shape index (κ3) is 5.31. The number of rotatable bonds is 6. The lowest BCUT2D eigenvalue weighted by Crippen LogP contribution is -2.21. The van der Waals surface area contributed by atoms with Gasteiger partial charge in [0.2, 0.25) is 10.0 Å². The van der Waals surface area contributed by atoms with Gasteiger partial charge in [0.25, 0.3) is 5.91 Å². The summed E-state index contributed by atoms with van der Waals surface area (Å²) in [6, 6.07) is 13.3. The Morgan fingerprint density at radius 1 is 1.24 bits per heavy atom. The van der Waals surface area contributed by atoms with E-state index in [0.29, 0.717) is 23.4 Å². The molecule has 0 atom stereocenters. The summed E-state index contributed by atoms with van der Waals surface area (Å²) in [5.74, 6) is 0.0521. The zero-order valence-electron chi connectivity index (χ0n) is 13.5. The normalized spacial score (nSPS) is 10.8. The molecule has 7 nitrogen and oxygen atoms in total. The maximum Gasteiger partial charge on any atom is 0.262 e. The number of nitrogens with one attached hydrogen (secondary N) is 1. The molecule has 0 fully saturated rings. The molecule has 2 aromatic rings. The number of carbonyl (C=O) groups excluding carboxylic acids is 1. The van der Waals surface area contributed by atoms with Gasteiger partial charge in [0, 0.05) is 5.69 Å². The second kappa shape index (κ2) is 7.79. The highest BCUT2D eigenvalue weighted by molar-refractivity contribution is 7.89. The van der Waals surface area contributed by atoms with Gasteiger partial charge in [0.05, 0.1) is 17.4 Å². The molecule has 130 valence electrons. The van der Waals surface area contributed by atoms with Crippen LogP contribution in [0, 0.1) is 18.3 Å². The molecular weight excluding hydrogens is 342 g/mol. The molecule has 2 rings (SSSR count). The topological polar surface area (TPSA) is 122 Å². The van der Waals surface area contributed by atoms with Crippen molar-refractivity contribution >= 4 is 21.6 Å². The predicted octanol–water partition coefficient (Wildman–Crippen LogP) is 1.73. The number of amides is 1. The first-order valence-electron chi connectivity index (χ1n) is 7.31. The van der Waals surface area contributed by atoms with Gasteiger partial charge in [-0.25, -0.2) is 13.6 Å². The largest absolute Gasteiger partial charge is 0.484 e. The number of nitrogens with zero attached hydrogens (tertiary/aromatic N) is 1. The monoisotopic (exact) mass is 359 g/mol. The Hall–Kier alpha value is -2.89. The molecule has 0 aliphatic carbocycles. The summed E-state index contributed by atoms with van der Waals surface area (Å²) in [5.41, 5.74) is 1.66. The maximum absolute atomic E-state index is 11.9. The Bertz CT molecular complexity index is 916. The highest BCUT2D eigenvalue weighted by atomic mass is 32.2. The van der Waals surface area contributed by atoms with Crippen LogP contribution in [0.4, 0.5) is 5.69 Å². The number of hydrogen-bond acceptors (Lipinski definition) is 5. The Morgan fingerprint density at radius 3 is 2.52 bits per heavy atom. The molecule has 0 unspecified atom stereocenters. The molecule has 8 heteroatoms. The van der Waals surface area contributed by atoms with E-state index in [0.717, 1.165) is 5.56 Å². The Kier molecular flexibility index (Phi) is 5.75. The minimum Gasteiger partial charge on any atom is -0.484 e. The van der Waals surface area contributed by atoms with Crippen molar-refractivity contribution in [2.45, 2.75) is 18.2 Å². The molecule has 0 aliphatic rings. The van der Waals surface area contributed by atoms with Gasteiger partial charge in [-0.15, -0.1) is 0 Å². The standard InChI is InChI=1S/C17H17N3O4S/c1-12-2-5-14(10-16(12)25(19,22)23)20-17(21)11-24-15-6-3-13(4-7-15)8-9-18/h2-7,10H,8,11H2,1H3,(H,20,21)(H2,19,22,23). The van der Waals surface area contributed by atoms with Crippen LogP contribution in [0.3, 0.4) is 0 Å². The van der Waals surface area contributed by atoms with Gasteiger partial charge in [-0.3, -0.25) is 4.79 Å². The van der Waals surface area contributed by atoms with E-state index in [4.69, 9.17) is 15.1 Å².